The standard InChI is InChI=1S/C27H39N3O5/c1-7-16(4)19(14-31)30-22(24(33)28-15(2)3)27-13-17(5)26(6,35-27)20(21(27)25(30)34)23(32)29-18-11-9-8-10-12-18/h8-12,15-17,19-22,31H,7,13-14H2,1-6H3,(H,28,33)(H,29,32)/t16-,17?,19-,20-,21-,22?,26+,27?/m0/s1. The highest BCUT2D eigenvalue weighted by Crippen LogP contribution is 2.65. The van der Waals surface area contributed by atoms with Gasteiger partial charge < -0.3 is 25.4 Å². The molecular formula is C27H39N3O5. The van der Waals surface area contributed by atoms with Crippen LogP contribution in [-0.2, 0) is 19.1 Å². The minimum absolute atomic E-state index is 0.0321. The molecule has 3 heterocycles. The zero-order valence-corrected chi connectivity index (χ0v) is 21.6. The molecule has 2 bridgehead atoms. The van der Waals surface area contributed by atoms with Crippen molar-refractivity contribution >= 4 is 23.4 Å². The number of anilines is 1. The van der Waals surface area contributed by atoms with Crippen LogP contribution < -0.4 is 10.6 Å². The Kier molecular flexibility index (Phi) is 6.74. The second kappa shape index (κ2) is 9.21. The molecule has 35 heavy (non-hydrogen) atoms. The van der Waals surface area contributed by atoms with E-state index >= 15 is 0 Å². The summed E-state index contributed by atoms with van der Waals surface area (Å²) >= 11 is 0. The fourth-order valence-corrected chi connectivity index (χ4v) is 6.65. The lowest BCUT2D eigenvalue weighted by atomic mass is 9.62. The molecule has 3 aliphatic rings. The number of hydrogen-bond acceptors (Lipinski definition) is 5. The van der Waals surface area contributed by atoms with Crippen LogP contribution in [0.5, 0.6) is 0 Å². The van der Waals surface area contributed by atoms with Gasteiger partial charge in [-0.15, -0.1) is 0 Å². The number of aliphatic hydroxyl groups excluding tert-OH is 1. The normalized spacial score (nSPS) is 35.2. The molecule has 0 radical (unpaired) electrons. The molecule has 3 aliphatic heterocycles. The Balaban J connectivity index is 1.80. The summed E-state index contributed by atoms with van der Waals surface area (Å²) in [5.41, 5.74) is -1.36. The number of nitrogens with zero attached hydrogens (tertiary/aromatic N) is 1. The van der Waals surface area contributed by atoms with Gasteiger partial charge in [-0.1, -0.05) is 45.4 Å². The van der Waals surface area contributed by atoms with Crippen molar-refractivity contribution < 1.29 is 24.2 Å². The molecule has 1 spiro atoms. The van der Waals surface area contributed by atoms with Gasteiger partial charge in [-0.05, 0) is 51.2 Å². The van der Waals surface area contributed by atoms with Crippen molar-refractivity contribution in [3.63, 3.8) is 0 Å². The number of likely N-dealkylation sites (tertiary alicyclic amines) is 1. The number of hydrogen-bond donors (Lipinski definition) is 3. The molecule has 1 aromatic rings. The molecule has 8 nitrogen and oxygen atoms in total. The molecule has 8 heteroatoms. The second-order valence-corrected chi connectivity index (χ2v) is 11.1. The number of para-hydroxylation sites is 1. The maximum atomic E-state index is 14.2. The summed E-state index contributed by atoms with van der Waals surface area (Å²) in [4.78, 5) is 43.1. The Hall–Kier alpha value is -2.45. The molecule has 8 atom stereocenters. The summed E-state index contributed by atoms with van der Waals surface area (Å²) in [6.07, 6.45) is 1.23. The van der Waals surface area contributed by atoms with E-state index in [2.05, 4.69) is 10.6 Å². The fraction of sp³-hybridized carbons (Fsp3) is 0.667. The van der Waals surface area contributed by atoms with Crippen LogP contribution in [0.2, 0.25) is 0 Å². The Morgan fingerprint density at radius 2 is 1.86 bits per heavy atom. The number of amides is 3. The van der Waals surface area contributed by atoms with E-state index in [1.165, 1.54) is 0 Å². The van der Waals surface area contributed by atoms with Crippen LogP contribution in [0.1, 0.15) is 54.4 Å². The van der Waals surface area contributed by atoms with E-state index in [0.717, 1.165) is 6.42 Å². The van der Waals surface area contributed by atoms with Crippen molar-refractivity contribution in [1.82, 2.24) is 10.2 Å². The van der Waals surface area contributed by atoms with Gasteiger partial charge >= 0.3 is 0 Å². The second-order valence-electron chi connectivity index (χ2n) is 11.1. The molecule has 3 saturated heterocycles. The molecule has 3 fully saturated rings. The number of carbonyl (C=O) groups is 3. The third-order valence-corrected chi connectivity index (χ3v) is 8.60. The molecular weight excluding hydrogens is 446 g/mol. The van der Waals surface area contributed by atoms with Gasteiger partial charge in [0.15, 0.2) is 0 Å². The minimum Gasteiger partial charge on any atom is -0.394 e. The summed E-state index contributed by atoms with van der Waals surface area (Å²) in [6.45, 7) is 11.4. The van der Waals surface area contributed by atoms with Crippen molar-refractivity contribution in [2.75, 3.05) is 11.9 Å². The van der Waals surface area contributed by atoms with E-state index in [-0.39, 0.29) is 42.2 Å². The predicted molar refractivity (Wildman–Crippen MR) is 132 cm³/mol. The van der Waals surface area contributed by atoms with Gasteiger partial charge in [-0.2, -0.15) is 0 Å². The van der Waals surface area contributed by atoms with Crippen LogP contribution in [0.4, 0.5) is 5.69 Å². The van der Waals surface area contributed by atoms with Gasteiger partial charge in [0, 0.05) is 11.7 Å². The summed E-state index contributed by atoms with van der Waals surface area (Å²) < 4.78 is 6.71. The zero-order chi connectivity index (χ0) is 25.7. The van der Waals surface area contributed by atoms with Crippen LogP contribution in [0, 0.1) is 23.7 Å². The Bertz CT molecular complexity index is 984. The summed E-state index contributed by atoms with van der Waals surface area (Å²) in [5, 5.41) is 16.3. The number of carbonyl (C=O) groups excluding carboxylic acids is 3. The van der Waals surface area contributed by atoms with Gasteiger partial charge in [0.25, 0.3) is 0 Å². The third kappa shape index (κ3) is 3.85. The molecule has 3 N–H and O–H groups in total. The highest BCUT2D eigenvalue weighted by molar-refractivity contribution is 6.02. The van der Waals surface area contributed by atoms with Crippen LogP contribution in [0.15, 0.2) is 30.3 Å². The quantitative estimate of drug-likeness (QED) is 0.525. The van der Waals surface area contributed by atoms with Crippen LogP contribution >= 0.6 is 0 Å². The molecule has 1 aromatic carbocycles. The largest absolute Gasteiger partial charge is 0.394 e. The first-order chi connectivity index (χ1) is 16.5. The van der Waals surface area contributed by atoms with Crippen molar-refractivity contribution in [3.8, 4) is 0 Å². The Morgan fingerprint density at radius 3 is 2.43 bits per heavy atom. The van der Waals surface area contributed by atoms with E-state index in [9.17, 15) is 19.5 Å². The summed E-state index contributed by atoms with van der Waals surface area (Å²) in [7, 11) is 0. The first kappa shape index (κ1) is 25.6. The van der Waals surface area contributed by atoms with Gasteiger partial charge in [0.2, 0.25) is 17.7 Å². The Morgan fingerprint density at radius 1 is 1.20 bits per heavy atom. The summed E-state index contributed by atoms with van der Waals surface area (Å²) in [6, 6.07) is 7.58. The van der Waals surface area contributed by atoms with Gasteiger partial charge in [0.05, 0.1) is 30.1 Å². The monoisotopic (exact) mass is 485 g/mol. The van der Waals surface area contributed by atoms with E-state index in [0.29, 0.717) is 12.1 Å². The van der Waals surface area contributed by atoms with E-state index < -0.39 is 35.1 Å². The highest BCUT2D eigenvalue weighted by Gasteiger charge is 2.80. The molecule has 0 aliphatic carbocycles. The molecule has 0 saturated carbocycles. The van der Waals surface area contributed by atoms with E-state index in [1.807, 2.05) is 59.7 Å². The smallest absolute Gasteiger partial charge is 0.246 e. The highest BCUT2D eigenvalue weighted by atomic mass is 16.5. The lowest BCUT2D eigenvalue weighted by molar-refractivity contribution is -0.151. The lowest BCUT2D eigenvalue weighted by Gasteiger charge is -2.39. The van der Waals surface area contributed by atoms with E-state index in [4.69, 9.17) is 4.74 Å². The topological polar surface area (TPSA) is 108 Å². The van der Waals surface area contributed by atoms with Crippen molar-refractivity contribution in [1.29, 1.82) is 0 Å². The first-order valence-electron chi connectivity index (χ1n) is 12.8. The van der Waals surface area contributed by atoms with Crippen molar-refractivity contribution in [3.05, 3.63) is 30.3 Å². The number of ether oxygens (including phenoxy) is 1. The van der Waals surface area contributed by atoms with Crippen LogP contribution in [0.25, 0.3) is 0 Å². The van der Waals surface area contributed by atoms with Gasteiger partial charge in [-0.3, -0.25) is 14.4 Å². The zero-order valence-electron chi connectivity index (χ0n) is 21.6. The molecule has 4 rings (SSSR count). The van der Waals surface area contributed by atoms with Gasteiger partial charge in [-0.25, -0.2) is 0 Å². The molecule has 3 amide bonds. The number of nitrogens with one attached hydrogen (secondary N) is 2. The average molecular weight is 486 g/mol. The average Bonchev–Trinajstić information content (AvgIpc) is 3.31. The van der Waals surface area contributed by atoms with Crippen LogP contribution in [0.3, 0.4) is 0 Å². The number of fused-ring (bicyclic) bond motifs is 1. The van der Waals surface area contributed by atoms with Crippen molar-refractivity contribution in [2.45, 2.75) is 83.7 Å². The summed E-state index contributed by atoms with van der Waals surface area (Å²) in [5.74, 6) is -2.48. The lowest BCUT2D eigenvalue weighted by Crippen LogP contribution is -2.60. The maximum Gasteiger partial charge on any atom is 0.246 e. The molecule has 192 valence electrons. The maximum absolute atomic E-state index is 14.2. The van der Waals surface area contributed by atoms with Crippen molar-refractivity contribution in [2.24, 2.45) is 23.7 Å². The predicted octanol–water partition coefficient (Wildman–Crippen LogP) is 2.57. The number of benzene rings is 1. The van der Waals surface area contributed by atoms with Crippen LogP contribution in [-0.4, -0.2) is 63.7 Å². The molecule has 3 unspecified atom stereocenters. The number of aliphatic hydroxyl groups is 1. The SMILES string of the molecule is CC[C@H](C)[C@H](CO)N1C(=O)[C@@H]2[C@@H](C(=O)Nc3ccccc3)[C@]3(C)OC2(CC3C)C1C(=O)NC(C)C. The van der Waals surface area contributed by atoms with E-state index in [1.54, 1.807) is 17.0 Å². The number of rotatable bonds is 8. The first-order valence-corrected chi connectivity index (χ1v) is 12.8. The van der Waals surface area contributed by atoms with Gasteiger partial charge in [0.1, 0.15) is 11.6 Å². The fourth-order valence-electron chi connectivity index (χ4n) is 6.65. The molecule has 0 aromatic heterocycles. The minimum atomic E-state index is -1.12. The Labute approximate surface area is 207 Å². The third-order valence-electron chi connectivity index (χ3n) is 8.60.